The highest BCUT2D eigenvalue weighted by Gasteiger charge is 2.33. The van der Waals surface area contributed by atoms with Crippen molar-refractivity contribution in [3.8, 4) is 11.3 Å². The molecular weight excluding hydrogens is 490 g/mol. The number of hydrogen-bond acceptors (Lipinski definition) is 4. The zero-order valence-electron chi connectivity index (χ0n) is 20.5. The monoisotopic (exact) mass is 517 g/mol. The molecule has 1 aliphatic carbocycles. The number of nitrogens with two attached hydrogens (primary N) is 1. The van der Waals surface area contributed by atoms with Gasteiger partial charge in [0.1, 0.15) is 5.00 Å². The van der Waals surface area contributed by atoms with Gasteiger partial charge in [0.25, 0.3) is 11.8 Å². The van der Waals surface area contributed by atoms with Crippen LogP contribution in [-0.4, -0.2) is 16.8 Å². The molecule has 1 atom stereocenters. The van der Waals surface area contributed by atoms with Crippen molar-refractivity contribution in [1.29, 1.82) is 0 Å². The summed E-state index contributed by atoms with van der Waals surface area (Å²) in [5, 5.41) is 4.93. The Kier molecular flexibility index (Phi) is 6.35. The van der Waals surface area contributed by atoms with Gasteiger partial charge in [-0.3, -0.25) is 9.59 Å². The lowest BCUT2D eigenvalue weighted by Crippen LogP contribution is -2.27. The van der Waals surface area contributed by atoms with Gasteiger partial charge in [-0.15, -0.1) is 11.3 Å². The number of primary amides is 1. The van der Waals surface area contributed by atoms with Crippen molar-refractivity contribution in [2.45, 2.75) is 40.0 Å². The van der Waals surface area contributed by atoms with Crippen molar-refractivity contribution in [2.24, 2.45) is 17.1 Å². The highest BCUT2D eigenvalue weighted by Crippen LogP contribution is 2.44. The van der Waals surface area contributed by atoms with Crippen molar-refractivity contribution >= 4 is 50.7 Å². The van der Waals surface area contributed by atoms with E-state index in [1.807, 2.05) is 36.4 Å². The summed E-state index contributed by atoms with van der Waals surface area (Å²) in [6.45, 7) is 6.75. The molecule has 3 N–H and O–H groups in total. The number of rotatable bonds is 4. The lowest BCUT2D eigenvalue weighted by molar-refractivity contribution is 0.1000. The Morgan fingerprint density at radius 1 is 1.11 bits per heavy atom. The maximum atomic E-state index is 13.7. The van der Waals surface area contributed by atoms with E-state index in [0.717, 1.165) is 40.7 Å². The molecule has 0 spiro atoms. The van der Waals surface area contributed by atoms with Gasteiger partial charge in [0.2, 0.25) is 0 Å². The van der Waals surface area contributed by atoms with E-state index in [1.165, 1.54) is 11.3 Å². The first-order valence-electron chi connectivity index (χ1n) is 12.0. The van der Waals surface area contributed by atoms with Gasteiger partial charge in [0.05, 0.1) is 22.3 Å². The summed E-state index contributed by atoms with van der Waals surface area (Å²) < 4.78 is 0. The number of nitrogens with zero attached hydrogens (tertiary/aromatic N) is 1. The number of aromatic nitrogens is 1. The highest BCUT2D eigenvalue weighted by atomic mass is 35.5. The van der Waals surface area contributed by atoms with Gasteiger partial charge in [-0.2, -0.15) is 0 Å². The number of carbonyl (C=O) groups is 2. The van der Waals surface area contributed by atoms with E-state index < -0.39 is 5.91 Å². The first kappa shape index (κ1) is 24.5. The summed E-state index contributed by atoms with van der Waals surface area (Å²) >= 11 is 7.54. The van der Waals surface area contributed by atoms with Crippen molar-refractivity contribution in [2.75, 3.05) is 5.32 Å². The molecule has 4 aromatic rings. The fourth-order valence-corrected chi connectivity index (χ4v) is 6.43. The topological polar surface area (TPSA) is 85.1 Å². The second-order valence-electron chi connectivity index (χ2n) is 10.4. The van der Waals surface area contributed by atoms with Crippen LogP contribution in [0.2, 0.25) is 5.02 Å². The molecule has 2 aromatic carbocycles. The van der Waals surface area contributed by atoms with E-state index in [-0.39, 0.29) is 11.3 Å². The van der Waals surface area contributed by atoms with Gasteiger partial charge in [0.15, 0.2) is 0 Å². The molecule has 0 saturated carbocycles. The summed E-state index contributed by atoms with van der Waals surface area (Å²) in [6, 6.07) is 16.7. The van der Waals surface area contributed by atoms with Crippen LogP contribution in [-0.2, 0) is 12.8 Å². The third kappa shape index (κ3) is 4.63. The molecule has 5 nitrogen and oxygen atoms in total. The number of amides is 2. The van der Waals surface area contributed by atoms with Gasteiger partial charge in [-0.25, -0.2) is 4.98 Å². The van der Waals surface area contributed by atoms with E-state index in [2.05, 4.69) is 26.1 Å². The Labute approximate surface area is 219 Å². The molecule has 0 unspecified atom stereocenters. The number of hydrogen-bond donors (Lipinski definition) is 2. The molecule has 0 aliphatic heterocycles. The smallest absolute Gasteiger partial charge is 0.257 e. The molecule has 0 bridgehead atoms. The molecular formula is C29H28ClN3O2S. The third-order valence-corrected chi connectivity index (χ3v) is 8.49. The van der Waals surface area contributed by atoms with Crippen LogP contribution >= 0.6 is 22.9 Å². The predicted molar refractivity (Wildman–Crippen MR) is 148 cm³/mol. The minimum absolute atomic E-state index is 0.173. The van der Waals surface area contributed by atoms with Gasteiger partial charge < -0.3 is 11.1 Å². The largest absolute Gasteiger partial charge is 0.365 e. The molecule has 0 saturated heterocycles. The molecule has 0 radical (unpaired) electrons. The Morgan fingerprint density at radius 3 is 2.53 bits per heavy atom. The summed E-state index contributed by atoms with van der Waals surface area (Å²) in [7, 11) is 0. The van der Waals surface area contributed by atoms with Crippen molar-refractivity contribution in [3.05, 3.63) is 81.2 Å². The first-order chi connectivity index (χ1) is 17.1. The lowest BCUT2D eigenvalue weighted by atomic mass is 9.72. The molecule has 0 fully saturated rings. The van der Waals surface area contributed by atoms with Crippen LogP contribution in [0.3, 0.4) is 0 Å². The van der Waals surface area contributed by atoms with E-state index >= 15 is 0 Å². The molecule has 1 aliphatic rings. The Bertz CT molecular complexity index is 1490. The van der Waals surface area contributed by atoms with Crippen LogP contribution in [0.15, 0.2) is 54.6 Å². The number of nitrogens with one attached hydrogen (secondary N) is 1. The van der Waals surface area contributed by atoms with Gasteiger partial charge in [-0.1, -0.05) is 62.7 Å². The summed E-state index contributed by atoms with van der Waals surface area (Å²) in [5.41, 5.74) is 10.2. The molecule has 2 heterocycles. The van der Waals surface area contributed by atoms with Crippen LogP contribution in [0.1, 0.15) is 58.3 Å². The summed E-state index contributed by atoms with van der Waals surface area (Å²) in [5.74, 6) is -0.283. The number of halogens is 1. The molecule has 184 valence electrons. The van der Waals surface area contributed by atoms with Crippen LogP contribution in [0, 0.1) is 11.3 Å². The van der Waals surface area contributed by atoms with Crippen LogP contribution in [0.5, 0.6) is 0 Å². The highest BCUT2D eigenvalue weighted by molar-refractivity contribution is 7.17. The van der Waals surface area contributed by atoms with E-state index in [0.29, 0.717) is 38.3 Å². The molecule has 7 heteroatoms. The van der Waals surface area contributed by atoms with Crippen molar-refractivity contribution < 1.29 is 9.59 Å². The number of fused-ring (bicyclic) bond motifs is 2. The van der Waals surface area contributed by atoms with Gasteiger partial charge >= 0.3 is 0 Å². The number of benzene rings is 2. The Balaban J connectivity index is 1.55. The fourth-order valence-electron chi connectivity index (χ4n) is 4.98. The quantitative estimate of drug-likeness (QED) is 0.302. The van der Waals surface area contributed by atoms with E-state index in [9.17, 15) is 9.59 Å². The predicted octanol–water partition coefficient (Wildman–Crippen LogP) is 7.12. The Morgan fingerprint density at radius 2 is 1.83 bits per heavy atom. The number of pyridine rings is 1. The van der Waals surface area contributed by atoms with Crippen LogP contribution < -0.4 is 11.1 Å². The average molecular weight is 518 g/mol. The normalized spacial score (nSPS) is 15.5. The number of para-hydroxylation sites is 1. The molecule has 36 heavy (non-hydrogen) atoms. The van der Waals surface area contributed by atoms with Crippen molar-refractivity contribution in [3.63, 3.8) is 0 Å². The lowest BCUT2D eigenvalue weighted by Gasteiger charge is -2.33. The van der Waals surface area contributed by atoms with E-state index in [1.54, 1.807) is 18.2 Å². The zero-order chi connectivity index (χ0) is 25.6. The molecule has 2 aromatic heterocycles. The number of thiophene rings is 1. The maximum absolute atomic E-state index is 13.7. The molecule has 2 amide bonds. The maximum Gasteiger partial charge on any atom is 0.257 e. The standard InChI is InChI=1S/C29H28ClN3O2S/c1-29(2,3)17-10-13-20-24(14-17)36-28(25(20)26(31)34)33-27(35)21-15-23(16-8-11-18(30)12-9-16)32-22-7-5-4-6-19(21)22/h4-9,11-12,15,17H,10,13-14H2,1-3H3,(H2,31,34)(H,33,35)/t17-/m0/s1. The fraction of sp³-hybridized carbons (Fsp3) is 0.276. The van der Waals surface area contributed by atoms with E-state index in [4.69, 9.17) is 22.3 Å². The first-order valence-corrected chi connectivity index (χ1v) is 13.2. The second-order valence-corrected chi connectivity index (χ2v) is 12.0. The van der Waals surface area contributed by atoms with Crippen molar-refractivity contribution in [1.82, 2.24) is 4.98 Å². The number of carbonyl (C=O) groups excluding carboxylic acids is 2. The Hall–Kier alpha value is -3.22. The zero-order valence-corrected chi connectivity index (χ0v) is 22.1. The SMILES string of the molecule is CC(C)(C)[C@H]1CCc2c(sc(NC(=O)c3cc(-c4ccc(Cl)cc4)nc4ccccc34)c2C(N)=O)C1. The number of anilines is 1. The molecule has 5 rings (SSSR count). The van der Waals surface area contributed by atoms with Gasteiger partial charge in [0, 0.05) is 20.8 Å². The van der Waals surface area contributed by atoms with Gasteiger partial charge in [-0.05, 0) is 60.4 Å². The van der Waals surface area contributed by atoms with Crippen LogP contribution in [0.4, 0.5) is 5.00 Å². The summed E-state index contributed by atoms with van der Waals surface area (Å²) in [4.78, 5) is 32.1. The third-order valence-electron chi connectivity index (χ3n) is 7.06. The van der Waals surface area contributed by atoms with Crippen LogP contribution in [0.25, 0.3) is 22.2 Å². The average Bonchev–Trinajstić information content (AvgIpc) is 3.20. The second kappa shape index (κ2) is 9.34. The minimum Gasteiger partial charge on any atom is -0.365 e. The minimum atomic E-state index is -0.501. The summed E-state index contributed by atoms with van der Waals surface area (Å²) in [6.07, 6.45) is 2.68.